The van der Waals surface area contributed by atoms with E-state index in [0.29, 0.717) is 13.2 Å². The largest absolute Gasteiger partial charge is 0.444 e. The second kappa shape index (κ2) is 5.26. The minimum absolute atomic E-state index is 0.0435. The highest BCUT2D eigenvalue weighted by molar-refractivity contribution is 5.69. The third kappa shape index (κ3) is 3.30. The Bertz CT molecular complexity index is 412. The molecule has 2 fully saturated rings. The third-order valence-corrected chi connectivity index (χ3v) is 3.29. The number of piperidine rings is 1. The summed E-state index contributed by atoms with van der Waals surface area (Å²) < 4.78 is 11.0. The van der Waals surface area contributed by atoms with Gasteiger partial charge in [-0.25, -0.2) is 4.79 Å². The maximum atomic E-state index is 12.3. The van der Waals surface area contributed by atoms with E-state index in [1.165, 1.54) is 5.57 Å². The molecule has 2 bridgehead atoms. The fourth-order valence-corrected chi connectivity index (χ4v) is 2.65. The van der Waals surface area contributed by atoms with Crippen LogP contribution in [-0.4, -0.2) is 41.9 Å². The van der Waals surface area contributed by atoms with E-state index >= 15 is 0 Å². The molecule has 2 rings (SSSR count). The number of carbonyl (C=O) groups is 1. The predicted octanol–water partition coefficient (Wildman–Crippen LogP) is 2.34. The number of hydrogen-bond donors (Lipinski definition) is 0. The molecule has 0 N–H and O–H groups in total. The van der Waals surface area contributed by atoms with Crippen molar-refractivity contribution in [3.05, 3.63) is 11.6 Å². The summed E-state index contributed by atoms with van der Waals surface area (Å²) in [5.41, 5.74) is 0.752. The molecular formula is C15H21NO3. The van der Waals surface area contributed by atoms with Crippen molar-refractivity contribution >= 4 is 6.09 Å². The molecule has 1 amide bonds. The van der Waals surface area contributed by atoms with Gasteiger partial charge in [0.05, 0.1) is 25.3 Å². The van der Waals surface area contributed by atoms with E-state index in [9.17, 15) is 4.79 Å². The van der Waals surface area contributed by atoms with Crippen molar-refractivity contribution < 1.29 is 14.3 Å². The van der Waals surface area contributed by atoms with Gasteiger partial charge < -0.3 is 9.47 Å². The topological polar surface area (TPSA) is 38.8 Å². The highest BCUT2D eigenvalue weighted by atomic mass is 16.6. The lowest BCUT2D eigenvalue weighted by atomic mass is 9.90. The van der Waals surface area contributed by atoms with Crippen LogP contribution in [0, 0.1) is 12.3 Å². The van der Waals surface area contributed by atoms with Gasteiger partial charge in [0.25, 0.3) is 0 Å². The Hall–Kier alpha value is -1.47. The highest BCUT2D eigenvalue weighted by Crippen LogP contribution is 2.32. The molecule has 0 radical (unpaired) electrons. The number of nitrogens with zero attached hydrogens (tertiary/aromatic N) is 1. The molecular weight excluding hydrogens is 242 g/mol. The zero-order chi connectivity index (χ0) is 14.0. The first kappa shape index (κ1) is 14.0. The van der Waals surface area contributed by atoms with E-state index in [-0.39, 0.29) is 18.2 Å². The highest BCUT2D eigenvalue weighted by Gasteiger charge is 2.41. The Morgan fingerprint density at radius 3 is 2.47 bits per heavy atom. The van der Waals surface area contributed by atoms with Crippen LogP contribution in [-0.2, 0) is 9.47 Å². The fraction of sp³-hybridized carbons (Fsp3) is 0.667. The van der Waals surface area contributed by atoms with Gasteiger partial charge in [-0.3, -0.25) is 4.90 Å². The molecule has 4 heteroatoms. The minimum atomic E-state index is -0.471. The number of hydrogen-bond acceptors (Lipinski definition) is 3. The van der Waals surface area contributed by atoms with Crippen molar-refractivity contribution in [1.82, 2.24) is 4.90 Å². The first-order valence-corrected chi connectivity index (χ1v) is 6.64. The van der Waals surface area contributed by atoms with Crippen LogP contribution in [0.2, 0.25) is 0 Å². The summed E-state index contributed by atoms with van der Waals surface area (Å²) >= 11 is 0. The van der Waals surface area contributed by atoms with E-state index in [1.807, 2.05) is 31.7 Å². The van der Waals surface area contributed by atoms with Gasteiger partial charge in [0.2, 0.25) is 0 Å². The molecule has 2 aliphatic heterocycles. The van der Waals surface area contributed by atoms with Gasteiger partial charge in [0.15, 0.2) is 0 Å². The standard InChI is InChI=1S/C15H21NO3/c1-5-6-11-7-12-9-18-10-13(8-11)16(12)14(17)19-15(2,3)4/h1,6,12-13H,7-10H2,2-4H3. The summed E-state index contributed by atoms with van der Waals surface area (Å²) in [4.78, 5) is 14.1. The normalized spacial score (nSPS) is 26.6. The molecule has 2 saturated heterocycles. The lowest BCUT2D eigenvalue weighted by Gasteiger charge is -2.46. The van der Waals surface area contributed by atoms with Crippen LogP contribution in [0.15, 0.2) is 11.6 Å². The van der Waals surface area contributed by atoms with Crippen LogP contribution in [0.1, 0.15) is 33.6 Å². The number of fused-ring (bicyclic) bond motifs is 2. The second-order valence-corrected chi connectivity index (χ2v) is 6.11. The Morgan fingerprint density at radius 1 is 1.42 bits per heavy atom. The van der Waals surface area contributed by atoms with Gasteiger partial charge in [-0.15, -0.1) is 6.42 Å². The number of terminal acetylenes is 1. The van der Waals surface area contributed by atoms with Crippen molar-refractivity contribution in [3.8, 4) is 12.3 Å². The summed E-state index contributed by atoms with van der Waals surface area (Å²) in [5, 5.41) is 0. The van der Waals surface area contributed by atoms with E-state index in [1.54, 1.807) is 0 Å². The monoisotopic (exact) mass is 263 g/mol. The summed E-state index contributed by atoms with van der Waals surface area (Å²) in [6.45, 7) is 6.75. The summed E-state index contributed by atoms with van der Waals surface area (Å²) in [7, 11) is 0. The first-order chi connectivity index (χ1) is 8.90. The van der Waals surface area contributed by atoms with E-state index in [4.69, 9.17) is 15.9 Å². The Kier molecular flexibility index (Phi) is 3.86. The average Bonchev–Trinajstić information content (AvgIpc) is 2.25. The molecule has 2 aliphatic rings. The molecule has 0 aromatic heterocycles. The average molecular weight is 263 g/mol. The van der Waals surface area contributed by atoms with Crippen LogP contribution in [0.3, 0.4) is 0 Å². The summed E-state index contributed by atoms with van der Waals surface area (Å²) in [6, 6.07) is 0.0869. The Labute approximate surface area is 114 Å². The fourth-order valence-electron chi connectivity index (χ4n) is 2.65. The van der Waals surface area contributed by atoms with Gasteiger partial charge >= 0.3 is 6.09 Å². The number of rotatable bonds is 0. The van der Waals surface area contributed by atoms with E-state index in [2.05, 4.69) is 5.92 Å². The molecule has 4 nitrogen and oxygen atoms in total. The number of morpholine rings is 1. The molecule has 0 aliphatic carbocycles. The van der Waals surface area contributed by atoms with Crippen molar-refractivity contribution in [2.75, 3.05) is 13.2 Å². The van der Waals surface area contributed by atoms with Crippen LogP contribution in [0.4, 0.5) is 4.79 Å². The van der Waals surface area contributed by atoms with Crippen LogP contribution in [0.5, 0.6) is 0 Å². The summed E-state index contributed by atoms with van der Waals surface area (Å²) in [6.07, 6.45) is 8.45. The van der Waals surface area contributed by atoms with E-state index in [0.717, 1.165) is 12.8 Å². The van der Waals surface area contributed by atoms with Gasteiger partial charge in [-0.2, -0.15) is 0 Å². The SMILES string of the molecule is C#CC=C1CC2COCC(C1)N2C(=O)OC(C)(C)C. The number of carbonyl (C=O) groups excluding carboxylic acids is 1. The van der Waals surface area contributed by atoms with Crippen molar-refractivity contribution in [2.24, 2.45) is 0 Å². The zero-order valence-corrected chi connectivity index (χ0v) is 11.8. The van der Waals surface area contributed by atoms with Crippen LogP contribution in [0.25, 0.3) is 0 Å². The van der Waals surface area contributed by atoms with E-state index < -0.39 is 5.60 Å². The molecule has 104 valence electrons. The Morgan fingerprint density at radius 2 is 2.00 bits per heavy atom. The maximum Gasteiger partial charge on any atom is 0.410 e. The molecule has 2 heterocycles. The smallest absolute Gasteiger partial charge is 0.410 e. The van der Waals surface area contributed by atoms with Crippen molar-refractivity contribution in [2.45, 2.75) is 51.3 Å². The number of amides is 1. The van der Waals surface area contributed by atoms with Gasteiger partial charge in [0.1, 0.15) is 5.60 Å². The van der Waals surface area contributed by atoms with Gasteiger partial charge in [-0.05, 0) is 39.7 Å². The predicted molar refractivity (Wildman–Crippen MR) is 72.6 cm³/mol. The molecule has 2 atom stereocenters. The molecule has 0 aromatic rings. The maximum absolute atomic E-state index is 12.3. The van der Waals surface area contributed by atoms with Gasteiger partial charge in [-0.1, -0.05) is 11.5 Å². The molecule has 0 aromatic carbocycles. The summed E-state index contributed by atoms with van der Waals surface area (Å²) in [5.74, 6) is 2.57. The molecule has 2 unspecified atom stereocenters. The Balaban J connectivity index is 2.12. The van der Waals surface area contributed by atoms with Crippen LogP contribution < -0.4 is 0 Å². The van der Waals surface area contributed by atoms with Crippen molar-refractivity contribution in [3.63, 3.8) is 0 Å². The zero-order valence-electron chi connectivity index (χ0n) is 11.8. The lowest BCUT2D eigenvalue weighted by Crippen LogP contribution is -2.58. The number of ether oxygens (including phenoxy) is 2. The quantitative estimate of drug-likeness (QED) is 0.630. The third-order valence-electron chi connectivity index (χ3n) is 3.29. The second-order valence-electron chi connectivity index (χ2n) is 6.11. The molecule has 19 heavy (non-hydrogen) atoms. The minimum Gasteiger partial charge on any atom is -0.444 e. The van der Waals surface area contributed by atoms with Crippen LogP contribution >= 0.6 is 0 Å². The van der Waals surface area contributed by atoms with Crippen molar-refractivity contribution in [1.29, 1.82) is 0 Å². The molecule has 0 saturated carbocycles. The number of allylic oxidation sites excluding steroid dienone is 1. The lowest BCUT2D eigenvalue weighted by molar-refractivity contribution is -0.0692. The van der Waals surface area contributed by atoms with Gasteiger partial charge in [0, 0.05) is 0 Å². The molecule has 0 spiro atoms. The first-order valence-electron chi connectivity index (χ1n) is 6.64.